The molecule has 2 heterocycles. The molecule has 7 nitrogen and oxygen atoms in total. The number of nitrogens with zero attached hydrogens (tertiary/aromatic N) is 4. The molecule has 0 bridgehead atoms. The van der Waals surface area contributed by atoms with Gasteiger partial charge in [0.15, 0.2) is 0 Å². The molecule has 0 spiro atoms. The number of anilines is 1. The van der Waals surface area contributed by atoms with Gasteiger partial charge in [-0.1, -0.05) is 42.1 Å². The normalized spacial score (nSPS) is 16.8. The molecule has 0 unspecified atom stereocenters. The summed E-state index contributed by atoms with van der Waals surface area (Å²) in [7, 11) is 0. The van der Waals surface area contributed by atoms with Crippen LogP contribution in [0.3, 0.4) is 0 Å². The fourth-order valence-corrected chi connectivity index (χ4v) is 4.40. The number of ether oxygens (including phenoxy) is 1. The Morgan fingerprint density at radius 3 is 2.53 bits per heavy atom. The van der Waals surface area contributed by atoms with E-state index in [0.29, 0.717) is 11.1 Å². The first-order valence-corrected chi connectivity index (χ1v) is 12.1. The summed E-state index contributed by atoms with van der Waals surface area (Å²) in [6.45, 7) is 4.43. The number of para-hydroxylation sites is 1. The van der Waals surface area contributed by atoms with Crippen LogP contribution in [0.5, 0.6) is 0 Å². The molecule has 0 radical (unpaired) electrons. The number of aromatic nitrogens is 3. The van der Waals surface area contributed by atoms with Gasteiger partial charge in [0.1, 0.15) is 5.82 Å². The second kappa shape index (κ2) is 9.85. The Kier molecular flexibility index (Phi) is 6.52. The van der Waals surface area contributed by atoms with Gasteiger partial charge in [0.2, 0.25) is 11.1 Å². The zero-order valence-corrected chi connectivity index (χ0v) is 18.8. The molecule has 8 heteroatoms. The number of thioether (sulfide) groups is 1. The molecule has 2 fully saturated rings. The predicted molar refractivity (Wildman–Crippen MR) is 125 cm³/mol. The van der Waals surface area contributed by atoms with Crippen LogP contribution < -0.4 is 5.32 Å². The highest BCUT2D eigenvalue weighted by Gasteiger charge is 2.30. The van der Waals surface area contributed by atoms with E-state index in [1.54, 1.807) is 0 Å². The summed E-state index contributed by atoms with van der Waals surface area (Å²) in [5.41, 5.74) is 3.06. The zero-order valence-electron chi connectivity index (χ0n) is 17.9. The standard InChI is InChI=1S/C24H27N5O2S/c30-22(25-20-10-6-18(7-11-20)16-28-12-14-31-15-13-28)17-32-24-26-23(19-8-9-19)29(27-24)21-4-2-1-3-5-21/h1-7,10-11,19H,8-9,12-17H2,(H,25,30). The molecule has 1 N–H and O–H groups in total. The van der Waals surface area contributed by atoms with Crippen molar-refractivity contribution in [2.24, 2.45) is 0 Å². The van der Waals surface area contributed by atoms with Gasteiger partial charge in [-0.3, -0.25) is 9.69 Å². The molecular formula is C24H27N5O2S. The Labute approximate surface area is 192 Å². The minimum Gasteiger partial charge on any atom is -0.379 e. The van der Waals surface area contributed by atoms with Crippen LogP contribution in [0.4, 0.5) is 5.69 Å². The fraction of sp³-hybridized carbons (Fsp3) is 0.375. The van der Waals surface area contributed by atoms with Gasteiger partial charge in [0.05, 0.1) is 24.7 Å². The monoisotopic (exact) mass is 449 g/mol. The summed E-state index contributed by atoms with van der Waals surface area (Å²) in [4.78, 5) is 19.6. The van der Waals surface area contributed by atoms with Crippen molar-refractivity contribution in [1.29, 1.82) is 0 Å². The van der Waals surface area contributed by atoms with E-state index in [0.717, 1.165) is 62.9 Å². The Morgan fingerprint density at radius 2 is 1.81 bits per heavy atom. The van der Waals surface area contributed by atoms with Crippen molar-refractivity contribution in [1.82, 2.24) is 19.7 Å². The SMILES string of the molecule is O=C(CSc1nc(C2CC2)n(-c2ccccc2)n1)Nc1ccc(CN2CCOCC2)cc1. The number of benzene rings is 2. The van der Waals surface area contributed by atoms with E-state index in [2.05, 4.69) is 27.4 Å². The van der Waals surface area contributed by atoms with E-state index in [1.165, 1.54) is 17.3 Å². The zero-order chi connectivity index (χ0) is 21.8. The maximum absolute atomic E-state index is 12.5. The van der Waals surface area contributed by atoms with Crippen molar-refractivity contribution in [3.05, 3.63) is 66.0 Å². The Hall–Kier alpha value is -2.68. The van der Waals surface area contributed by atoms with Crippen molar-refractivity contribution in [3.8, 4) is 5.69 Å². The van der Waals surface area contributed by atoms with Crippen molar-refractivity contribution >= 4 is 23.4 Å². The highest BCUT2D eigenvalue weighted by molar-refractivity contribution is 7.99. The largest absolute Gasteiger partial charge is 0.379 e. The first-order chi connectivity index (χ1) is 15.7. The van der Waals surface area contributed by atoms with E-state index < -0.39 is 0 Å². The molecule has 166 valence electrons. The topological polar surface area (TPSA) is 72.3 Å². The molecule has 1 aliphatic carbocycles. The lowest BCUT2D eigenvalue weighted by atomic mass is 10.2. The van der Waals surface area contributed by atoms with Gasteiger partial charge in [-0.2, -0.15) is 0 Å². The third kappa shape index (κ3) is 5.38. The Balaban J connectivity index is 1.16. The molecule has 2 aliphatic rings. The lowest BCUT2D eigenvalue weighted by Crippen LogP contribution is -2.35. The Bertz CT molecular complexity index is 1040. The van der Waals surface area contributed by atoms with Gasteiger partial charge in [0.25, 0.3) is 0 Å². The van der Waals surface area contributed by atoms with Crippen LogP contribution in [-0.2, 0) is 16.1 Å². The number of nitrogens with one attached hydrogen (secondary N) is 1. The third-order valence-electron chi connectivity index (χ3n) is 5.64. The quantitative estimate of drug-likeness (QED) is 0.529. The number of carbonyl (C=O) groups excluding carboxylic acids is 1. The number of hydrogen-bond donors (Lipinski definition) is 1. The van der Waals surface area contributed by atoms with Crippen molar-refractivity contribution in [3.63, 3.8) is 0 Å². The molecule has 1 saturated carbocycles. The summed E-state index contributed by atoms with van der Waals surface area (Å²) in [5, 5.41) is 8.28. The third-order valence-corrected chi connectivity index (χ3v) is 6.47. The second-order valence-corrected chi connectivity index (χ2v) is 9.14. The van der Waals surface area contributed by atoms with Crippen molar-refractivity contribution in [2.75, 3.05) is 37.4 Å². The number of carbonyl (C=O) groups is 1. The molecule has 32 heavy (non-hydrogen) atoms. The maximum atomic E-state index is 12.5. The van der Waals surface area contributed by atoms with Gasteiger partial charge >= 0.3 is 0 Å². The summed E-state index contributed by atoms with van der Waals surface area (Å²) in [6, 6.07) is 18.1. The smallest absolute Gasteiger partial charge is 0.234 e. The molecule has 5 rings (SSSR count). The number of rotatable bonds is 8. The molecule has 1 amide bonds. The lowest BCUT2D eigenvalue weighted by Gasteiger charge is -2.26. The molecule has 1 aromatic heterocycles. The van der Waals surface area contributed by atoms with Crippen molar-refractivity contribution in [2.45, 2.75) is 30.5 Å². The van der Waals surface area contributed by atoms with Crippen LogP contribution in [0.15, 0.2) is 59.8 Å². The molecule has 3 aromatic rings. The minimum absolute atomic E-state index is 0.0556. The van der Waals surface area contributed by atoms with Gasteiger partial charge in [-0.25, -0.2) is 9.67 Å². The van der Waals surface area contributed by atoms with Crippen LogP contribution in [0.1, 0.15) is 30.1 Å². The summed E-state index contributed by atoms with van der Waals surface area (Å²) < 4.78 is 7.32. The summed E-state index contributed by atoms with van der Waals surface area (Å²) in [6.07, 6.45) is 2.30. The van der Waals surface area contributed by atoms with E-state index in [4.69, 9.17) is 9.72 Å². The van der Waals surface area contributed by atoms with E-state index in [9.17, 15) is 4.79 Å². The van der Waals surface area contributed by atoms with Gasteiger partial charge < -0.3 is 10.1 Å². The second-order valence-electron chi connectivity index (χ2n) is 8.20. The molecule has 1 saturated heterocycles. The van der Waals surface area contributed by atoms with Gasteiger partial charge in [0, 0.05) is 31.2 Å². The molecule has 2 aromatic carbocycles. The van der Waals surface area contributed by atoms with E-state index >= 15 is 0 Å². The molecular weight excluding hydrogens is 422 g/mol. The highest BCUT2D eigenvalue weighted by atomic mass is 32.2. The minimum atomic E-state index is -0.0556. The summed E-state index contributed by atoms with van der Waals surface area (Å²) >= 11 is 1.38. The fourth-order valence-electron chi connectivity index (χ4n) is 3.77. The average Bonchev–Trinajstić information content (AvgIpc) is 3.59. The van der Waals surface area contributed by atoms with Crippen LogP contribution in [-0.4, -0.2) is 57.6 Å². The van der Waals surface area contributed by atoms with E-state index in [-0.39, 0.29) is 11.7 Å². The molecule has 1 aliphatic heterocycles. The predicted octanol–water partition coefficient (Wildman–Crippen LogP) is 3.71. The van der Waals surface area contributed by atoms with Crippen LogP contribution in [0.2, 0.25) is 0 Å². The first kappa shape index (κ1) is 21.2. The maximum Gasteiger partial charge on any atom is 0.234 e. The first-order valence-electron chi connectivity index (χ1n) is 11.1. The summed E-state index contributed by atoms with van der Waals surface area (Å²) in [5.74, 6) is 1.69. The Morgan fingerprint density at radius 1 is 1.06 bits per heavy atom. The number of amides is 1. The lowest BCUT2D eigenvalue weighted by molar-refractivity contribution is -0.113. The van der Waals surface area contributed by atoms with Crippen LogP contribution in [0, 0.1) is 0 Å². The highest BCUT2D eigenvalue weighted by Crippen LogP contribution is 2.40. The van der Waals surface area contributed by atoms with Crippen LogP contribution >= 0.6 is 11.8 Å². The van der Waals surface area contributed by atoms with Crippen molar-refractivity contribution < 1.29 is 9.53 Å². The van der Waals surface area contributed by atoms with Crippen LogP contribution in [0.25, 0.3) is 5.69 Å². The average molecular weight is 450 g/mol. The van der Waals surface area contributed by atoms with Gasteiger partial charge in [-0.15, -0.1) is 5.10 Å². The number of hydrogen-bond acceptors (Lipinski definition) is 6. The van der Waals surface area contributed by atoms with Gasteiger partial charge in [-0.05, 0) is 42.7 Å². The van der Waals surface area contributed by atoms with E-state index in [1.807, 2.05) is 47.1 Å². The number of morpholine rings is 1. The molecule has 0 atom stereocenters.